The number of likely N-dealkylation sites (tertiary alicyclic amines) is 1. The van der Waals surface area contributed by atoms with Gasteiger partial charge in [0.15, 0.2) is 0 Å². The Balaban J connectivity index is 1.60. The van der Waals surface area contributed by atoms with E-state index in [-0.39, 0.29) is 11.2 Å². The molecule has 1 atom stereocenters. The van der Waals surface area contributed by atoms with Crippen LogP contribution >= 0.6 is 23.1 Å². The van der Waals surface area contributed by atoms with E-state index in [0.29, 0.717) is 0 Å². The number of rotatable bonds is 3. The van der Waals surface area contributed by atoms with E-state index in [4.69, 9.17) is 4.98 Å². The largest absolute Gasteiger partial charge is 0.342 e. The molecule has 0 saturated carbocycles. The number of thiophene rings is 1. The van der Waals surface area contributed by atoms with Gasteiger partial charge in [-0.3, -0.25) is 4.79 Å². The second-order valence-electron chi connectivity index (χ2n) is 7.11. The molecule has 1 amide bonds. The quantitative estimate of drug-likeness (QED) is 0.590. The standard InChI is InChI=1S/C19H25N3OS2/c1-12(19(23)22-10-5-3-4-6-11-22)24-17-16-14-8-7-9-15(14)25-18(16)21-13(2)20-17/h12H,3-11H2,1-2H3/t12-/m1/s1. The maximum absolute atomic E-state index is 12.9. The Morgan fingerprint density at radius 1 is 1.12 bits per heavy atom. The predicted molar refractivity (Wildman–Crippen MR) is 105 cm³/mol. The smallest absolute Gasteiger partial charge is 0.235 e. The van der Waals surface area contributed by atoms with Crippen LogP contribution in [0.1, 0.15) is 55.3 Å². The van der Waals surface area contributed by atoms with Crippen molar-refractivity contribution in [2.75, 3.05) is 13.1 Å². The second-order valence-corrected chi connectivity index (χ2v) is 9.53. The molecule has 6 heteroatoms. The average Bonchev–Trinajstić information content (AvgIpc) is 3.04. The summed E-state index contributed by atoms with van der Waals surface area (Å²) in [5.74, 6) is 1.08. The average molecular weight is 376 g/mol. The molecule has 0 unspecified atom stereocenters. The van der Waals surface area contributed by atoms with Crippen molar-refractivity contribution in [3.63, 3.8) is 0 Å². The van der Waals surface area contributed by atoms with Gasteiger partial charge in [-0.2, -0.15) is 0 Å². The molecule has 0 bridgehead atoms. The normalized spacial score (nSPS) is 19.0. The van der Waals surface area contributed by atoms with E-state index in [9.17, 15) is 4.79 Å². The van der Waals surface area contributed by atoms with Gasteiger partial charge in [-0.05, 0) is 51.5 Å². The fraction of sp³-hybridized carbons (Fsp3) is 0.632. The molecule has 0 radical (unpaired) electrons. The fourth-order valence-corrected chi connectivity index (χ4v) is 6.39. The Morgan fingerprint density at radius 2 is 1.88 bits per heavy atom. The minimum Gasteiger partial charge on any atom is -0.342 e. The molecule has 3 heterocycles. The molecule has 0 aromatic carbocycles. The number of aryl methyl sites for hydroxylation is 3. The summed E-state index contributed by atoms with van der Waals surface area (Å²) in [4.78, 5) is 26.9. The molecule has 25 heavy (non-hydrogen) atoms. The summed E-state index contributed by atoms with van der Waals surface area (Å²) in [7, 11) is 0. The summed E-state index contributed by atoms with van der Waals surface area (Å²) in [5, 5.41) is 2.15. The third-order valence-corrected chi connectivity index (χ3v) is 7.46. The van der Waals surface area contributed by atoms with Crippen molar-refractivity contribution in [1.82, 2.24) is 14.9 Å². The lowest BCUT2D eigenvalue weighted by molar-refractivity contribution is -0.130. The van der Waals surface area contributed by atoms with Gasteiger partial charge in [-0.15, -0.1) is 11.3 Å². The van der Waals surface area contributed by atoms with Gasteiger partial charge in [0.25, 0.3) is 0 Å². The van der Waals surface area contributed by atoms with Crippen LogP contribution in [0.2, 0.25) is 0 Å². The van der Waals surface area contributed by atoms with Crippen LogP contribution in [0.4, 0.5) is 0 Å². The number of hydrogen-bond donors (Lipinski definition) is 0. The van der Waals surface area contributed by atoms with E-state index in [1.54, 1.807) is 11.8 Å². The first-order valence-electron chi connectivity index (χ1n) is 9.38. The van der Waals surface area contributed by atoms with Crippen LogP contribution in [0.5, 0.6) is 0 Å². The second kappa shape index (κ2) is 7.23. The number of nitrogens with zero attached hydrogens (tertiary/aromatic N) is 3. The minimum atomic E-state index is -0.0902. The van der Waals surface area contributed by atoms with Crippen LogP contribution in [0, 0.1) is 6.92 Å². The highest BCUT2D eigenvalue weighted by Gasteiger charge is 2.26. The Hall–Kier alpha value is -1.14. The highest BCUT2D eigenvalue weighted by atomic mass is 32.2. The molecule has 2 aromatic heterocycles. The number of thioether (sulfide) groups is 1. The number of aromatic nitrogens is 2. The van der Waals surface area contributed by atoms with Gasteiger partial charge in [0.2, 0.25) is 5.91 Å². The molecule has 4 rings (SSSR count). The van der Waals surface area contributed by atoms with E-state index in [0.717, 1.165) is 48.0 Å². The number of carbonyl (C=O) groups excluding carboxylic acids is 1. The number of hydrogen-bond acceptors (Lipinski definition) is 5. The van der Waals surface area contributed by atoms with E-state index in [1.165, 1.54) is 41.5 Å². The van der Waals surface area contributed by atoms with Crippen molar-refractivity contribution in [1.29, 1.82) is 0 Å². The van der Waals surface area contributed by atoms with Gasteiger partial charge in [-0.25, -0.2) is 9.97 Å². The van der Waals surface area contributed by atoms with Crippen molar-refractivity contribution in [3.05, 3.63) is 16.3 Å². The van der Waals surface area contributed by atoms with Gasteiger partial charge in [-0.1, -0.05) is 24.6 Å². The van der Waals surface area contributed by atoms with E-state index in [2.05, 4.69) is 9.88 Å². The zero-order valence-corrected chi connectivity index (χ0v) is 16.6. The summed E-state index contributed by atoms with van der Waals surface area (Å²) in [6, 6.07) is 0. The van der Waals surface area contributed by atoms with Gasteiger partial charge >= 0.3 is 0 Å². The number of fused-ring (bicyclic) bond motifs is 3. The first-order chi connectivity index (χ1) is 12.1. The molecule has 2 aromatic rings. The molecular weight excluding hydrogens is 350 g/mol. The van der Waals surface area contributed by atoms with Crippen LogP contribution in [0.3, 0.4) is 0 Å². The first-order valence-corrected chi connectivity index (χ1v) is 11.1. The number of amides is 1. The SMILES string of the molecule is Cc1nc(S[C@H](C)C(=O)N2CCCCCC2)c2c3c(sc2n1)CCC3. The lowest BCUT2D eigenvalue weighted by Crippen LogP contribution is -2.37. The molecule has 0 spiro atoms. The molecule has 1 fully saturated rings. The Kier molecular flexibility index (Phi) is 5.00. The van der Waals surface area contributed by atoms with E-state index >= 15 is 0 Å². The van der Waals surface area contributed by atoms with E-state index < -0.39 is 0 Å². The summed E-state index contributed by atoms with van der Waals surface area (Å²) in [6.07, 6.45) is 8.30. The molecule has 134 valence electrons. The molecule has 1 aliphatic carbocycles. The Morgan fingerprint density at radius 3 is 2.64 bits per heavy atom. The third kappa shape index (κ3) is 3.43. The predicted octanol–water partition coefficient (Wildman–Crippen LogP) is 4.37. The highest BCUT2D eigenvalue weighted by molar-refractivity contribution is 8.00. The summed E-state index contributed by atoms with van der Waals surface area (Å²) in [6.45, 7) is 5.81. The molecule has 0 N–H and O–H groups in total. The Bertz CT molecular complexity index is 794. The minimum absolute atomic E-state index is 0.0902. The Labute approximate surface area is 157 Å². The van der Waals surface area contributed by atoms with Crippen LogP contribution in [0.15, 0.2) is 5.03 Å². The molecule has 4 nitrogen and oxygen atoms in total. The van der Waals surface area contributed by atoms with Crippen molar-refractivity contribution >= 4 is 39.2 Å². The zero-order valence-electron chi connectivity index (χ0n) is 15.0. The van der Waals surface area contributed by atoms with Gasteiger partial charge in [0.1, 0.15) is 15.7 Å². The molecule has 1 saturated heterocycles. The molecule has 2 aliphatic rings. The lowest BCUT2D eigenvalue weighted by atomic mass is 10.2. The zero-order chi connectivity index (χ0) is 17.4. The third-order valence-electron chi connectivity index (χ3n) is 5.20. The number of carbonyl (C=O) groups is 1. The maximum Gasteiger partial charge on any atom is 0.235 e. The van der Waals surface area contributed by atoms with Crippen molar-refractivity contribution in [2.45, 2.75) is 69.1 Å². The summed E-state index contributed by atoms with van der Waals surface area (Å²) < 4.78 is 0. The van der Waals surface area contributed by atoms with Crippen molar-refractivity contribution in [2.24, 2.45) is 0 Å². The van der Waals surface area contributed by atoms with Crippen LogP contribution in [0.25, 0.3) is 10.2 Å². The fourth-order valence-electron chi connectivity index (χ4n) is 3.92. The van der Waals surface area contributed by atoms with Crippen LogP contribution in [-0.2, 0) is 17.6 Å². The van der Waals surface area contributed by atoms with Crippen LogP contribution < -0.4 is 0 Å². The van der Waals surface area contributed by atoms with Gasteiger partial charge in [0, 0.05) is 23.4 Å². The topological polar surface area (TPSA) is 46.1 Å². The van der Waals surface area contributed by atoms with Gasteiger partial charge in [0.05, 0.1) is 5.25 Å². The van der Waals surface area contributed by atoms with E-state index in [1.807, 2.05) is 25.2 Å². The monoisotopic (exact) mass is 375 g/mol. The molecular formula is C19H25N3OS2. The van der Waals surface area contributed by atoms with Crippen molar-refractivity contribution in [3.8, 4) is 0 Å². The molecule has 1 aliphatic heterocycles. The maximum atomic E-state index is 12.9. The van der Waals surface area contributed by atoms with Gasteiger partial charge < -0.3 is 4.90 Å². The highest BCUT2D eigenvalue weighted by Crippen LogP contribution is 2.41. The van der Waals surface area contributed by atoms with Crippen molar-refractivity contribution < 1.29 is 4.79 Å². The lowest BCUT2D eigenvalue weighted by Gasteiger charge is -2.23. The summed E-state index contributed by atoms with van der Waals surface area (Å²) in [5.41, 5.74) is 1.44. The first kappa shape index (κ1) is 17.3. The summed E-state index contributed by atoms with van der Waals surface area (Å²) >= 11 is 3.45. The van der Waals surface area contributed by atoms with Crippen LogP contribution in [-0.4, -0.2) is 39.1 Å².